The largest absolute Gasteiger partial charge is 0.494 e. The lowest BCUT2D eigenvalue weighted by Crippen LogP contribution is -2.34. The number of hydrogen-bond donors (Lipinski definition) is 2. The zero-order valence-electron chi connectivity index (χ0n) is 13.5. The molecular weight excluding hydrogens is 285 g/mol. The average molecular weight is 309 g/mol. The molecule has 2 N–H and O–H groups in total. The molecule has 0 aliphatic rings. The quantitative estimate of drug-likeness (QED) is 0.761. The Morgan fingerprint density at radius 3 is 2.73 bits per heavy atom. The molecule has 1 aromatic rings. The molecule has 22 heavy (non-hydrogen) atoms. The topological polar surface area (TPSA) is 58.6 Å². The molecule has 0 heterocycles. The molecule has 0 radical (unpaired) electrons. The number of hydrogen-bond acceptors (Lipinski definition) is 3. The number of carbonyl (C=O) groups is 1. The van der Waals surface area contributed by atoms with Crippen LogP contribution in [0.2, 0.25) is 0 Å². The van der Waals surface area contributed by atoms with Crippen LogP contribution in [0.4, 0.5) is 4.39 Å². The molecule has 122 valence electrons. The Morgan fingerprint density at radius 1 is 1.50 bits per heavy atom. The SMILES string of the molecule is COc1ccc(/C=C/C(=O)NCC(C)(C)CC(C)O)cc1F. The first kappa shape index (κ1) is 18.2. The lowest BCUT2D eigenvalue weighted by molar-refractivity contribution is -0.117. The van der Waals surface area contributed by atoms with Crippen molar-refractivity contribution in [3.63, 3.8) is 0 Å². The molecule has 0 saturated heterocycles. The van der Waals surface area contributed by atoms with Gasteiger partial charge in [0.25, 0.3) is 0 Å². The van der Waals surface area contributed by atoms with Crippen molar-refractivity contribution < 1.29 is 19.0 Å². The van der Waals surface area contributed by atoms with E-state index in [-0.39, 0.29) is 17.1 Å². The molecule has 1 aromatic carbocycles. The zero-order chi connectivity index (χ0) is 16.8. The number of aliphatic hydroxyl groups is 1. The second-order valence-electron chi connectivity index (χ2n) is 6.16. The third-order valence-corrected chi connectivity index (χ3v) is 3.19. The molecule has 1 unspecified atom stereocenters. The van der Waals surface area contributed by atoms with E-state index in [0.29, 0.717) is 18.5 Å². The van der Waals surface area contributed by atoms with Crippen LogP contribution in [-0.4, -0.2) is 30.8 Å². The highest BCUT2D eigenvalue weighted by Gasteiger charge is 2.20. The van der Waals surface area contributed by atoms with Gasteiger partial charge in [0.1, 0.15) is 0 Å². The third kappa shape index (κ3) is 6.26. The first-order valence-corrected chi connectivity index (χ1v) is 7.21. The van der Waals surface area contributed by atoms with Crippen molar-refractivity contribution in [2.45, 2.75) is 33.3 Å². The number of aliphatic hydroxyl groups excluding tert-OH is 1. The fourth-order valence-electron chi connectivity index (χ4n) is 2.22. The summed E-state index contributed by atoms with van der Waals surface area (Å²) in [6, 6.07) is 4.49. The fraction of sp³-hybridized carbons (Fsp3) is 0.471. The highest BCUT2D eigenvalue weighted by atomic mass is 19.1. The van der Waals surface area contributed by atoms with Gasteiger partial charge in [0, 0.05) is 12.6 Å². The maximum atomic E-state index is 13.5. The van der Waals surface area contributed by atoms with Crippen molar-refractivity contribution >= 4 is 12.0 Å². The smallest absolute Gasteiger partial charge is 0.244 e. The van der Waals surface area contributed by atoms with Gasteiger partial charge >= 0.3 is 0 Å². The Bertz CT molecular complexity index is 539. The zero-order valence-corrected chi connectivity index (χ0v) is 13.5. The van der Waals surface area contributed by atoms with E-state index in [2.05, 4.69) is 5.32 Å². The summed E-state index contributed by atoms with van der Waals surface area (Å²) >= 11 is 0. The first-order valence-electron chi connectivity index (χ1n) is 7.21. The Kier molecular flexibility index (Phi) is 6.56. The molecule has 1 rings (SSSR count). The summed E-state index contributed by atoms with van der Waals surface area (Å²) in [6.07, 6.45) is 3.09. The molecule has 0 bridgehead atoms. The molecule has 0 fully saturated rings. The predicted molar refractivity (Wildman–Crippen MR) is 85.1 cm³/mol. The molecule has 0 aliphatic carbocycles. The van der Waals surface area contributed by atoms with Gasteiger partial charge in [0.15, 0.2) is 11.6 Å². The second-order valence-corrected chi connectivity index (χ2v) is 6.16. The van der Waals surface area contributed by atoms with Crippen LogP contribution in [0.3, 0.4) is 0 Å². The maximum absolute atomic E-state index is 13.5. The van der Waals surface area contributed by atoms with Gasteiger partial charge < -0.3 is 15.2 Å². The van der Waals surface area contributed by atoms with Crippen molar-refractivity contribution in [1.82, 2.24) is 5.32 Å². The number of ether oxygens (including phenoxy) is 1. The van der Waals surface area contributed by atoms with Gasteiger partial charge in [0.05, 0.1) is 13.2 Å². The molecule has 0 spiro atoms. The minimum absolute atomic E-state index is 0.168. The number of halogens is 1. The molecule has 0 saturated carbocycles. The molecule has 0 aliphatic heterocycles. The van der Waals surface area contributed by atoms with Crippen molar-refractivity contribution in [3.8, 4) is 5.75 Å². The van der Waals surface area contributed by atoms with Gasteiger partial charge in [-0.1, -0.05) is 19.9 Å². The van der Waals surface area contributed by atoms with Crippen LogP contribution >= 0.6 is 0 Å². The summed E-state index contributed by atoms with van der Waals surface area (Å²) in [5.41, 5.74) is 0.390. The van der Waals surface area contributed by atoms with Crippen molar-refractivity contribution in [1.29, 1.82) is 0 Å². The Morgan fingerprint density at radius 2 is 2.18 bits per heavy atom. The summed E-state index contributed by atoms with van der Waals surface area (Å²) < 4.78 is 18.4. The fourth-order valence-corrected chi connectivity index (χ4v) is 2.22. The Balaban J connectivity index is 2.56. The third-order valence-electron chi connectivity index (χ3n) is 3.19. The van der Waals surface area contributed by atoms with Gasteiger partial charge in [0.2, 0.25) is 5.91 Å². The monoisotopic (exact) mass is 309 g/mol. The van der Waals surface area contributed by atoms with Gasteiger partial charge in [-0.25, -0.2) is 4.39 Å². The number of carbonyl (C=O) groups excluding carboxylic acids is 1. The molecule has 1 amide bonds. The van der Waals surface area contributed by atoms with Gasteiger partial charge in [-0.15, -0.1) is 0 Å². The van der Waals surface area contributed by atoms with Gasteiger partial charge in [-0.05, 0) is 42.5 Å². The van der Waals surface area contributed by atoms with Crippen LogP contribution in [0, 0.1) is 11.2 Å². The van der Waals surface area contributed by atoms with Crippen LogP contribution in [0.5, 0.6) is 5.75 Å². The van der Waals surface area contributed by atoms with E-state index in [9.17, 15) is 14.3 Å². The van der Waals surface area contributed by atoms with Gasteiger partial charge in [-0.3, -0.25) is 4.79 Å². The van der Waals surface area contributed by atoms with Crippen molar-refractivity contribution in [2.75, 3.05) is 13.7 Å². The second kappa shape index (κ2) is 7.94. The molecule has 0 aromatic heterocycles. The van der Waals surface area contributed by atoms with E-state index in [1.165, 1.54) is 25.3 Å². The van der Waals surface area contributed by atoms with Crippen molar-refractivity contribution in [2.24, 2.45) is 5.41 Å². The molecule has 4 nitrogen and oxygen atoms in total. The van der Waals surface area contributed by atoms with Crippen LogP contribution in [0.1, 0.15) is 32.8 Å². The van der Waals surface area contributed by atoms with Crippen LogP contribution in [-0.2, 0) is 4.79 Å². The Labute approximate surface area is 131 Å². The highest BCUT2D eigenvalue weighted by molar-refractivity contribution is 5.91. The van der Waals surface area contributed by atoms with E-state index in [1.807, 2.05) is 13.8 Å². The number of rotatable bonds is 7. The lowest BCUT2D eigenvalue weighted by atomic mass is 9.87. The Hall–Kier alpha value is -1.88. The summed E-state index contributed by atoms with van der Waals surface area (Å²) in [5, 5.41) is 12.2. The maximum Gasteiger partial charge on any atom is 0.244 e. The van der Waals surface area contributed by atoms with Crippen molar-refractivity contribution in [3.05, 3.63) is 35.7 Å². The average Bonchev–Trinajstić information content (AvgIpc) is 2.42. The first-order chi connectivity index (χ1) is 10.2. The predicted octanol–water partition coefficient (Wildman–Crippen LogP) is 2.76. The minimum Gasteiger partial charge on any atom is -0.494 e. The number of nitrogens with one attached hydrogen (secondary N) is 1. The number of amides is 1. The molecule has 1 atom stereocenters. The van der Waals surface area contributed by atoms with E-state index >= 15 is 0 Å². The van der Waals surface area contributed by atoms with E-state index < -0.39 is 11.9 Å². The van der Waals surface area contributed by atoms with Crippen LogP contribution in [0.15, 0.2) is 24.3 Å². The standard InChI is InChI=1S/C17H24FNO3/c1-12(20)10-17(2,3)11-19-16(21)8-6-13-5-7-15(22-4)14(18)9-13/h5-9,12,20H,10-11H2,1-4H3,(H,19,21)/b8-6+. The van der Waals surface area contributed by atoms with E-state index in [1.54, 1.807) is 19.1 Å². The minimum atomic E-state index is -0.469. The molecular formula is C17H24FNO3. The number of methoxy groups -OCH3 is 1. The summed E-state index contributed by atoms with van der Waals surface area (Å²) in [5.74, 6) is -0.556. The summed E-state index contributed by atoms with van der Waals surface area (Å²) in [4.78, 5) is 11.8. The number of benzene rings is 1. The lowest BCUT2D eigenvalue weighted by Gasteiger charge is -2.26. The highest BCUT2D eigenvalue weighted by Crippen LogP contribution is 2.21. The van der Waals surface area contributed by atoms with E-state index in [4.69, 9.17) is 4.74 Å². The summed E-state index contributed by atoms with van der Waals surface area (Å²) in [6.45, 7) is 6.13. The molecule has 5 heteroatoms. The van der Waals surface area contributed by atoms with Gasteiger partial charge in [-0.2, -0.15) is 0 Å². The van der Waals surface area contributed by atoms with E-state index in [0.717, 1.165) is 0 Å². The van der Waals surface area contributed by atoms with Crippen LogP contribution < -0.4 is 10.1 Å². The normalized spacial score (nSPS) is 13.2. The summed E-state index contributed by atoms with van der Waals surface area (Å²) in [7, 11) is 1.40. The van der Waals surface area contributed by atoms with Crippen LogP contribution in [0.25, 0.3) is 6.08 Å².